The van der Waals surface area contributed by atoms with Crippen LogP contribution in [0.2, 0.25) is 0 Å². The first-order valence-electron chi connectivity index (χ1n) is 6.53. The molecule has 110 valence electrons. The molecule has 0 aliphatic heterocycles. The average molecular weight is 282 g/mol. The maximum atomic E-state index is 11.2. The van der Waals surface area contributed by atoms with E-state index >= 15 is 0 Å². The van der Waals surface area contributed by atoms with E-state index in [0.717, 1.165) is 12.8 Å². The van der Waals surface area contributed by atoms with E-state index in [-0.39, 0.29) is 17.9 Å². The van der Waals surface area contributed by atoms with Gasteiger partial charge in [0.05, 0.1) is 11.3 Å². The number of carboxylic acids is 1. The third kappa shape index (κ3) is 2.59. The molecule has 1 saturated carbocycles. The van der Waals surface area contributed by atoms with Gasteiger partial charge in [-0.1, -0.05) is 12.8 Å². The monoisotopic (exact) mass is 282 g/mol. The van der Waals surface area contributed by atoms with Crippen molar-refractivity contribution in [2.75, 3.05) is 5.32 Å². The Hall–Kier alpha value is -2.12. The van der Waals surface area contributed by atoms with Crippen molar-refractivity contribution in [1.82, 2.24) is 9.78 Å². The summed E-state index contributed by atoms with van der Waals surface area (Å²) in [6.07, 6.45) is 3.19. The van der Waals surface area contributed by atoms with Crippen molar-refractivity contribution in [3.8, 4) is 0 Å². The van der Waals surface area contributed by atoms with Gasteiger partial charge in [0.25, 0.3) is 0 Å². The molecule has 1 heterocycles. The van der Waals surface area contributed by atoms with Gasteiger partial charge in [-0.05, 0) is 19.8 Å². The van der Waals surface area contributed by atoms with Gasteiger partial charge in [0, 0.05) is 12.6 Å². The highest BCUT2D eigenvalue weighted by Crippen LogP contribution is 2.39. The van der Waals surface area contributed by atoms with E-state index in [1.165, 1.54) is 4.68 Å². The van der Waals surface area contributed by atoms with Crippen LogP contribution in [0.15, 0.2) is 0 Å². The SMILES string of the molecule is Cc1nn(C)c(NC2(CC(=O)O)CCCC2)c1[N+](=O)[O-]. The van der Waals surface area contributed by atoms with Gasteiger partial charge >= 0.3 is 11.7 Å². The fourth-order valence-electron chi connectivity index (χ4n) is 2.94. The van der Waals surface area contributed by atoms with Gasteiger partial charge < -0.3 is 10.4 Å². The second-order valence-electron chi connectivity index (χ2n) is 5.35. The first-order valence-corrected chi connectivity index (χ1v) is 6.53. The van der Waals surface area contributed by atoms with E-state index in [9.17, 15) is 14.9 Å². The Morgan fingerprint density at radius 3 is 2.65 bits per heavy atom. The first kappa shape index (κ1) is 14.3. The van der Waals surface area contributed by atoms with E-state index in [0.29, 0.717) is 18.5 Å². The van der Waals surface area contributed by atoms with E-state index in [1.807, 2.05) is 0 Å². The quantitative estimate of drug-likeness (QED) is 0.629. The first-order chi connectivity index (χ1) is 9.34. The Balaban J connectivity index is 2.36. The molecule has 0 unspecified atom stereocenters. The minimum atomic E-state index is -0.902. The molecule has 1 aliphatic rings. The lowest BCUT2D eigenvalue weighted by Crippen LogP contribution is -2.38. The average Bonchev–Trinajstić information content (AvgIpc) is 2.84. The molecule has 1 fully saturated rings. The van der Waals surface area contributed by atoms with Gasteiger partial charge in [0.2, 0.25) is 5.82 Å². The smallest absolute Gasteiger partial charge is 0.333 e. The topological polar surface area (TPSA) is 110 Å². The highest BCUT2D eigenvalue weighted by atomic mass is 16.6. The lowest BCUT2D eigenvalue weighted by molar-refractivity contribution is -0.384. The van der Waals surface area contributed by atoms with E-state index in [1.54, 1.807) is 14.0 Å². The summed E-state index contributed by atoms with van der Waals surface area (Å²) in [6, 6.07) is 0. The summed E-state index contributed by atoms with van der Waals surface area (Å²) >= 11 is 0. The molecule has 8 nitrogen and oxygen atoms in total. The highest BCUT2D eigenvalue weighted by molar-refractivity contribution is 5.70. The van der Waals surface area contributed by atoms with Crippen LogP contribution in [0.25, 0.3) is 0 Å². The number of hydrogen-bond donors (Lipinski definition) is 2. The summed E-state index contributed by atoms with van der Waals surface area (Å²) < 4.78 is 1.41. The zero-order valence-corrected chi connectivity index (χ0v) is 11.5. The number of aromatic nitrogens is 2. The number of aryl methyl sites for hydroxylation is 2. The van der Waals surface area contributed by atoms with Crippen molar-refractivity contribution >= 4 is 17.5 Å². The normalized spacial score (nSPS) is 17.1. The van der Waals surface area contributed by atoms with Gasteiger partial charge in [-0.25, -0.2) is 4.68 Å². The van der Waals surface area contributed by atoms with Crippen molar-refractivity contribution in [3.63, 3.8) is 0 Å². The fourth-order valence-corrected chi connectivity index (χ4v) is 2.94. The van der Waals surface area contributed by atoms with Gasteiger partial charge in [-0.2, -0.15) is 5.10 Å². The van der Waals surface area contributed by atoms with Crippen LogP contribution in [0.3, 0.4) is 0 Å². The van der Waals surface area contributed by atoms with Gasteiger partial charge in [0.1, 0.15) is 5.69 Å². The number of carboxylic acid groups (broad SMARTS) is 1. The summed E-state index contributed by atoms with van der Waals surface area (Å²) in [6.45, 7) is 1.57. The number of hydrogen-bond acceptors (Lipinski definition) is 5. The van der Waals surface area contributed by atoms with Crippen molar-refractivity contribution in [3.05, 3.63) is 15.8 Å². The van der Waals surface area contributed by atoms with Gasteiger partial charge in [0.15, 0.2) is 0 Å². The molecule has 1 aromatic rings. The summed E-state index contributed by atoms with van der Waals surface area (Å²) in [7, 11) is 1.62. The molecule has 0 aromatic carbocycles. The molecule has 0 radical (unpaired) electrons. The van der Waals surface area contributed by atoms with Gasteiger partial charge in [-0.3, -0.25) is 14.9 Å². The lowest BCUT2D eigenvalue weighted by Gasteiger charge is -2.29. The van der Waals surface area contributed by atoms with Gasteiger partial charge in [-0.15, -0.1) is 0 Å². The van der Waals surface area contributed by atoms with Crippen LogP contribution in [0.1, 0.15) is 37.8 Å². The Morgan fingerprint density at radius 1 is 1.55 bits per heavy atom. The summed E-state index contributed by atoms with van der Waals surface area (Å²) in [5.41, 5.74) is -0.371. The number of aliphatic carboxylic acids is 1. The lowest BCUT2D eigenvalue weighted by atomic mass is 9.93. The molecule has 1 aliphatic carbocycles. The minimum Gasteiger partial charge on any atom is -0.481 e. The highest BCUT2D eigenvalue weighted by Gasteiger charge is 2.39. The van der Waals surface area contributed by atoms with Crippen LogP contribution in [-0.4, -0.2) is 31.3 Å². The zero-order valence-electron chi connectivity index (χ0n) is 11.5. The molecule has 0 bridgehead atoms. The predicted molar refractivity (Wildman–Crippen MR) is 71.7 cm³/mol. The van der Waals surface area contributed by atoms with Crippen LogP contribution in [-0.2, 0) is 11.8 Å². The molecular formula is C12H18N4O4. The number of nitrogens with one attached hydrogen (secondary N) is 1. The Bertz CT molecular complexity index is 546. The van der Waals surface area contributed by atoms with Crippen molar-refractivity contribution in [2.45, 2.75) is 44.6 Å². The Morgan fingerprint density at radius 2 is 2.15 bits per heavy atom. The predicted octanol–water partition coefficient (Wildman–Crippen LogP) is 1.84. The molecule has 0 amide bonds. The molecule has 2 rings (SSSR count). The van der Waals surface area contributed by atoms with Crippen LogP contribution >= 0.6 is 0 Å². The zero-order chi connectivity index (χ0) is 14.9. The largest absolute Gasteiger partial charge is 0.481 e. The third-order valence-corrected chi connectivity index (χ3v) is 3.81. The molecule has 0 saturated heterocycles. The molecule has 0 spiro atoms. The van der Waals surface area contributed by atoms with Crippen molar-refractivity contribution in [2.24, 2.45) is 7.05 Å². The van der Waals surface area contributed by atoms with Crippen LogP contribution in [0.4, 0.5) is 11.5 Å². The Labute approximate surface area is 115 Å². The summed E-state index contributed by atoms with van der Waals surface area (Å²) in [5, 5.41) is 27.4. The summed E-state index contributed by atoms with van der Waals surface area (Å²) in [4.78, 5) is 21.7. The Kier molecular flexibility index (Phi) is 3.65. The molecule has 1 aromatic heterocycles. The van der Waals surface area contributed by atoms with Crippen LogP contribution < -0.4 is 5.32 Å². The standard InChI is InChI=1S/C12H18N4O4/c1-8-10(16(19)20)11(15(2)14-8)13-12(7-9(17)18)5-3-4-6-12/h13H,3-7H2,1-2H3,(H,17,18). The maximum Gasteiger partial charge on any atom is 0.333 e. The second kappa shape index (κ2) is 5.10. The van der Waals surface area contributed by atoms with Crippen LogP contribution in [0.5, 0.6) is 0 Å². The number of nitro groups is 1. The number of carbonyl (C=O) groups is 1. The van der Waals surface area contributed by atoms with Crippen molar-refractivity contribution in [1.29, 1.82) is 0 Å². The number of nitrogens with zero attached hydrogens (tertiary/aromatic N) is 3. The minimum absolute atomic E-state index is 0.0472. The van der Waals surface area contributed by atoms with E-state index in [2.05, 4.69) is 10.4 Å². The third-order valence-electron chi connectivity index (χ3n) is 3.81. The molecular weight excluding hydrogens is 264 g/mol. The maximum absolute atomic E-state index is 11.2. The van der Waals surface area contributed by atoms with Crippen molar-refractivity contribution < 1.29 is 14.8 Å². The molecule has 2 N–H and O–H groups in total. The summed E-state index contributed by atoms with van der Waals surface area (Å²) in [5.74, 6) is -0.614. The molecule has 0 atom stereocenters. The molecule has 20 heavy (non-hydrogen) atoms. The van der Waals surface area contributed by atoms with E-state index in [4.69, 9.17) is 5.11 Å². The van der Waals surface area contributed by atoms with Crippen LogP contribution in [0, 0.1) is 17.0 Å². The fraction of sp³-hybridized carbons (Fsp3) is 0.667. The molecule has 8 heteroatoms. The number of anilines is 1. The van der Waals surface area contributed by atoms with E-state index < -0.39 is 16.4 Å². The second-order valence-corrected chi connectivity index (χ2v) is 5.35. The number of rotatable bonds is 5.